The van der Waals surface area contributed by atoms with E-state index in [0.717, 1.165) is 11.1 Å². The fourth-order valence-electron chi connectivity index (χ4n) is 2.93. The standard InChI is InChI=1S/C25H25NO5/c1-2-29-25(28)23(26-30-18-19-10-5-3-6-11-19)17-20-12-9-15-22(16-20)31-24(27)21-13-7-4-8-14-21/h3-16,23,26H,2,17-18H2,1H3. The highest BCUT2D eigenvalue weighted by Gasteiger charge is 2.21. The molecule has 0 spiro atoms. The highest BCUT2D eigenvalue weighted by atomic mass is 16.6. The Morgan fingerprint density at radius 1 is 0.871 bits per heavy atom. The Hall–Kier alpha value is -3.48. The van der Waals surface area contributed by atoms with Crippen LogP contribution in [-0.4, -0.2) is 24.6 Å². The second kappa shape index (κ2) is 11.6. The molecule has 0 radical (unpaired) electrons. The van der Waals surface area contributed by atoms with Crippen LogP contribution in [0, 0.1) is 0 Å². The SMILES string of the molecule is CCOC(=O)C(Cc1cccc(OC(=O)c2ccccc2)c1)NOCc1ccccc1. The molecule has 3 aromatic carbocycles. The lowest BCUT2D eigenvalue weighted by molar-refractivity contribution is -0.150. The molecule has 0 aliphatic carbocycles. The number of hydroxylamine groups is 1. The second-order valence-electron chi connectivity index (χ2n) is 6.80. The van der Waals surface area contributed by atoms with Gasteiger partial charge in [-0.2, -0.15) is 5.48 Å². The number of nitrogens with one attached hydrogen (secondary N) is 1. The van der Waals surface area contributed by atoms with Crippen LogP contribution in [0.25, 0.3) is 0 Å². The van der Waals surface area contributed by atoms with Crippen LogP contribution < -0.4 is 10.2 Å². The van der Waals surface area contributed by atoms with Crippen LogP contribution in [0.4, 0.5) is 0 Å². The fraction of sp³-hybridized carbons (Fsp3) is 0.200. The number of carbonyl (C=O) groups excluding carboxylic acids is 2. The summed E-state index contributed by atoms with van der Waals surface area (Å²) in [5.41, 5.74) is 5.05. The lowest BCUT2D eigenvalue weighted by Gasteiger charge is -2.17. The number of carbonyl (C=O) groups is 2. The van der Waals surface area contributed by atoms with Crippen molar-refractivity contribution in [3.8, 4) is 5.75 Å². The van der Waals surface area contributed by atoms with Crippen LogP contribution in [-0.2, 0) is 27.4 Å². The van der Waals surface area contributed by atoms with E-state index in [1.54, 1.807) is 49.4 Å². The van der Waals surface area contributed by atoms with Crippen LogP contribution in [0.2, 0.25) is 0 Å². The summed E-state index contributed by atoms with van der Waals surface area (Å²) in [5.74, 6) is -0.453. The molecule has 1 unspecified atom stereocenters. The Labute approximate surface area is 181 Å². The summed E-state index contributed by atoms with van der Waals surface area (Å²) in [6.07, 6.45) is 0.310. The Kier molecular flexibility index (Phi) is 8.34. The molecule has 31 heavy (non-hydrogen) atoms. The van der Waals surface area contributed by atoms with E-state index in [2.05, 4.69) is 5.48 Å². The van der Waals surface area contributed by atoms with Gasteiger partial charge in [0.1, 0.15) is 11.8 Å². The van der Waals surface area contributed by atoms with Crippen molar-refractivity contribution in [2.24, 2.45) is 0 Å². The minimum Gasteiger partial charge on any atom is -0.465 e. The van der Waals surface area contributed by atoms with Crippen LogP contribution in [0.1, 0.15) is 28.4 Å². The minimum atomic E-state index is -0.705. The lowest BCUT2D eigenvalue weighted by Crippen LogP contribution is -2.39. The first kappa shape index (κ1) is 22.2. The van der Waals surface area contributed by atoms with E-state index in [4.69, 9.17) is 14.3 Å². The molecule has 0 fully saturated rings. The molecule has 160 valence electrons. The molecule has 0 amide bonds. The quantitative estimate of drug-likeness (QED) is 0.303. The van der Waals surface area contributed by atoms with Gasteiger partial charge in [0.05, 0.1) is 18.8 Å². The molecule has 3 rings (SSSR count). The average molecular weight is 419 g/mol. The van der Waals surface area contributed by atoms with E-state index < -0.39 is 18.0 Å². The zero-order valence-electron chi connectivity index (χ0n) is 17.3. The Morgan fingerprint density at radius 2 is 1.55 bits per heavy atom. The third-order valence-electron chi connectivity index (χ3n) is 4.44. The number of hydrogen-bond donors (Lipinski definition) is 1. The van der Waals surface area contributed by atoms with Crippen LogP contribution in [0.15, 0.2) is 84.9 Å². The summed E-state index contributed by atoms with van der Waals surface area (Å²) in [5, 5.41) is 0. The molecule has 0 aromatic heterocycles. The van der Waals surface area contributed by atoms with Gasteiger partial charge in [-0.3, -0.25) is 9.63 Å². The first-order valence-corrected chi connectivity index (χ1v) is 10.1. The average Bonchev–Trinajstić information content (AvgIpc) is 2.80. The van der Waals surface area contributed by atoms with E-state index in [-0.39, 0.29) is 6.61 Å². The van der Waals surface area contributed by atoms with Crippen molar-refractivity contribution in [1.29, 1.82) is 0 Å². The number of rotatable bonds is 10. The van der Waals surface area contributed by atoms with Gasteiger partial charge in [-0.1, -0.05) is 60.7 Å². The zero-order chi connectivity index (χ0) is 21.9. The van der Waals surface area contributed by atoms with E-state index in [9.17, 15) is 9.59 Å². The van der Waals surface area contributed by atoms with Crippen LogP contribution in [0.5, 0.6) is 5.75 Å². The van der Waals surface area contributed by atoms with Gasteiger partial charge in [0, 0.05) is 6.42 Å². The molecule has 3 aromatic rings. The summed E-state index contributed by atoms with van der Waals surface area (Å²) in [6, 6.07) is 24.8. The summed E-state index contributed by atoms with van der Waals surface area (Å²) in [7, 11) is 0. The number of benzene rings is 3. The number of hydrogen-bond acceptors (Lipinski definition) is 6. The first-order valence-electron chi connectivity index (χ1n) is 10.1. The molecule has 0 aliphatic heterocycles. The normalized spacial score (nSPS) is 11.5. The molecule has 1 atom stereocenters. The van der Waals surface area contributed by atoms with Gasteiger partial charge in [0.25, 0.3) is 0 Å². The first-order chi connectivity index (χ1) is 15.2. The lowest BCUT2D eigenvalue weighted by atomic mass is 10.1. The van der Waals surface area contributed by atoms with Crippen LogP contribution in [0.3, 0.4) is 0 Å². The maximum atomic E-state index is 12.4. The molecule has 0 saturated carbocycles. The van der Waals surface area contributed by atoms with Gasteiger partial charge in [-0.25, -0.2) is 4.79 Å². The van der Waals surface area contributed by atoms with Crippen molar-refractivity contribution in [2.45, 2.75) is 26.0 Å². The summed E-state index contributed by atoms with van der Waals surface area (Å²) >= 11 is 0. The van der Waals surface area contributed by atoms with E-state index in [1.165, 1.54) is 0 Å². The Bertz CT molecular complexity index is 975. The van der Waals surface area contributed by atoms with E-state index in [1.807, 2.05) is 42.5 Å². The molecule has 6 nitrogen and oxygen atoms in total. The van der Waals surface area contributed by atoms with Gasteiger partial charge in [-0.15, -0.1) is 0 Å². The second-order valence-corrected chi connectivity index (χ2v) is 6.80. The van der Waals surface area contributed by atoms with Gasteiger partial charge in [-0.05, 0) is 42.3 Å². The molecule has 6 heteroatoms. The monoisotopic (exact) mass is 419 g/mol. The van der Waals surface area contributed by atoms with E-state index >= 15 is 0 Å². The molecular formula is C25H25NO5. The topological polar surface area (TPSA) is 73.9 Å². The van der Waals surface area contributed by atoms with Gasteiger partial charge < -0.3 is 9.47 Å². The van der Waals surface area contributed by atoms with Gasteiger partial charge in [0.2, 0.25) is 0 Å². The van der Waals surface area contributed by atoms with Crippen molar-refractivity contribution < 1.29 is 23.9 Å². The highest BCUT2D eigenvalue weighted by Crippen LogP contribution is 2.17. The van der Waals surface area contributed by atoms with Gasteiger partial charge >= 0.3 is 11.9 Å². The number of esters is 2. The molecular weight excluding hydrogens is 394 g/mol. The summed E-state index contributed by atoms with van der Waals surface area (Å²) < 4.78 is 10.6. The smallest absolute Gasteiger partial charge is 0.343 e. The summed E-state index contributed by atoms with van der Waals surface area (Å²) in [6.45, 7) is 2.33. The largest absolute Gasteiger partial charge is 0.465 e. The number of ether oxygens (including phenoxy) is 2. The zero-order valence-corrected chi connectivity index (χ0v) is 17.3. The van der Waals surface area contributed by atoms with Crippen molar-refractivity contribution in [2.75, 3.05) is 6.61 Å². The maximum Gasteiger partial charge on any atom is 0.343 e. The summed E-state index contributed by atoms with van der Waals surface area (Å²) in [4.78, 5) is 30.2. The molecule has 1 N–H and O–H groups in total. The molecule has 0 heterocycles. The predicted molar refractivity (Wildman–Crippen MR) is 116 cm³/mol. The maximum absolute atomic E-state index is 12.4. The fourth-order valence-corrected chi connectivity index (χ4v) is 2.93. The third kappa shape index (κ3) is 7.06. The van der Waals surface area contributed by atoms with Crippen molar-refractivity contribution >= 4 is 11.9 Å². The minimum absolute atomic E-state index is 0.268. The molecule has 0 aliphatic rings. The Morgan fingerprint density at radius 3 is 2.26 bits per heavy atom. The van der Waals surface area contributed by atoms with Crippen molar-refractivity contribution in [1.82, 2.24) is 5.48 Å². The predicted octanol–water partition coefficient (Wildman–Crippen LogP) is 4.10. The van der Waals surface area contributed by atoms with Crippen molar-refractivity contribution in [3.05, 3.63) is 102 Å². The third-order valence-corrected chi connectivity index (χ3v) is 4.44. The highest BCUT2D eigenvalue weighted by molar-refractivity contribution is 5.91. The van der Waals surface area contributed by atoms with Crippen LogP contribution >= 0.6 is 0 Å². The Balaban J connectivity index is 1.63. The molecule has 0 bridgehead atoms. The van der Waals surface area contributed by atoms with Crippen molar-refractivity contribution in [3.63, 3.8) is 0 Å². The van der Waals surface area contributed by atoms with E-state index in [0.29, 0.717) is 24.3 Å². The van der Waals surface area contributed by atoms with Gasteiger partial charge in [0.15, 0.2) is 0 Å². The molecule has 0 saturated heterocycles.